The van der Waals surface area contributed by atoms with Crippen LogP contribution in [0, 0.1) is 3.57 Å². The first-order valence-corrected chi connectivity index (χ1v) is 8.76. The second-order valence-corrected chi connectivity index (χ2v) is 7.89. The number of carbonyl (C=O) groups excluding carboxylic acids is 2. The molecule has 0 saturated carbocycles. The molecule has 2 rings (SSSR count). The molecule has 118 valence electrons. The number of thioether (sulfide) groups is 1. The van der Waals surface area contributed by atoms with Crippen molar-refractivity contribution in [3.8, 4) is 0 Å². The lowest BCUT2D eigenvalue weighted by Crippen LogP contribution is -2.43. The van der Waals surface area contributed by atoms with Crippen LogP contribution in [-0.4, -0.2) is 44.8 Å². The van der Waals surface area contributed by atoms with Crippen molar-refractivity contribution in [1.82, 2.24) is 4.90 Å². The van der Waals surface area contributed by atoms with Gasteiger partial charge in [0.05, 0.1) is 0 Å². The first kappa shape index (κ1) is 17.3. The van der Waals surface area contributed by atoms with E-state index in [1.807, 2.05) is 24.3 Å². The molecule has 1 N–H and O–H groups in total. The quantitative estimate of drug-likeness (QED) is 0.721. The molecule has 1 unspecified atom stereocenters. The largest absolute Gasteiger partial charge is 0.480 e. The zero-order chi connectivity index (χ0) is 16.3. The number of halogens is 1. The molecule has 5 nitrogen and oxygen atoms in total. The Hall–Kier alpha value is -1.09. The van der Waals surface area contributed by atoms with Crippen LogP contribution in [0.2, 0.25) is 0 Å². The van der Waals surface area contributed by atoms with Gasteiger partial charge in [-0.2, -0.15) is 0 Å². The molecule has 1 fully saturated rings. The molecule has 1 aliphatic rings. The number of carboxylic acids is 1. The number of amides is 1. The summed E-state index contributed by atoms with van der Waals surface area (Å²) in [4.78, 5) is 36.2. The minimum Gasteiger partial charge on any atom is -0.480 e. The number of benzene rings is 1. The fourth-order valence-electron chi connectivity index (χ4n) is 2.49. The van der Waals surface area contributed by atoms with E-state index in [0.29, 0.717) is 6.54 Å². The highest BCUT2D eigenvalue weighted by atomic mass is 127. The molecule has 0 bridgehead atoms. The van der Waals surface area contributed by atoms with Gasteiger partial charge in [-0.1, -0.05) is 23.9 Å². The number of rotatable bonds is 5. The zero-order valence-corrected chi connectivity index (χ0v) is 15.0. The van der Waals surface area contributed by atoms with Gasteiger partial charge in [0.25, 0.3) is 0 Å². The number of carbonyl (C=O) groups is 3. The third kappa shape index (κ3) is 4.45. The van der Waals surface area contributed by atoms with E-state index in [1.54, 1.807) is 0 Å². The van der Waals surface area contributed by atoms with Gasteiger partial charge < -0.3 is 10.0 Å². The van der Waals surface area contributed by atoms with Crippen LogP contribution in [0.15, 0.2) is 24.3 Å². The number of nitrogens with zero attached hydrogens (tertiary/aromatic N) is 1. The Bertz CT molecular complexity index is 590. The fraction of sp³-hybridized carbons (Fsp3) is 0.400. The maximum Gasteiger partial charge on any atom is 0.326 e. The van der Waals surface area contributed by atoms with Gasteiger partial charge in [0.2, 0.25) is 5.91 Å². The van der Waals surface area contributed by atoms with Crippen LogP contribution < -0.4 is 0 Å². The SMILES string of the molecule is CC(=O)SC1CC(=O)N([C@@H](Cc2ccc(I)cc2)C(=O)O)C1. The van der Waals surface area contributed by atoms with E-state index in [2.05, 4.69) is 22.6 Å². The minimum atomic E-state index is -1.01. The van der Waals surface area contributed by atoms with Crippen LogP contribution in [0.4, 0.5) is 0 Å². The lowest BCUT2D eigenvalue weighted by Gasteiger charge is -2.24. The third-order valence-electron chi connectivity index (χ3n) is 3.46. The number of aliphatic carboxylic acids is 1. The van der Waals surface area contributed by atoms with Crippen LogP contribution in [0.5, 0.6) is 0 Å². The summed E-state index contributed by atoms with van der Waals surface area (Å²) in [7, 11) is 0. The topological polar surface area (TPSA) is 74.7 Å². The molecule has 7 heteroatoms. The molecular formula is C15H16INO4S. The maximum absolute atomic E-state index is 12.1. The van der Waals surface area contributed by atoms with E-state index in [4.69, 9.17) is 0 Å². The summed E-state index contributed by atoms with van der Waals surface area (Å²) < 4.78 is 1.07. The van der Waals surface area contributed by atoms with Gasteiger partial charge in [0.15, 0.2) is 5.12 Å². The van der Waals surface area contributed by atoms with Gasteiger partial charge >= 0.3 is 5.97 Å². The van der Waals surface area contributed by atoms with Crippen LogP contribution in [-0.2, 0) is 20.8 Å². The van der Waals surface area contributed by atoms with Crippen molar-refractivity contribution in [2.45, 2.75) is 31.1 Å². The number of hydrogen-bond acceptors (Lipinski definition) is 4. The first-order chi connectivity index (χ1) is 10.4. The van der Waals surface area contributed by atoms with E-state index in [0.717, 1.165) is 20.9 Å². The van der Waals surface area contributed by atoms with Crippen molar-refractivity contribution in [3.63, 3.8) is 0 Å². The molecule has 0 spiro atoms. The summed E-state index contributed by atoms with van der Waals surface area (Å²) in [5.74, 6) is -1.21. The number of carboxylic acid groups (broad SMARTS) is 1. The molecule has 0 radical (unpaired) electrons. The van der Waals surface area contributed by atoms with Gasteiger partial charge in [-0.15, -0.1) is 0 Å². The van der Waals surface area contributed by atoms with Crippen LogP contribution in [0.1, 0.15) is 18.9 Å². The number of likely N-dealkylation sites (tertiary alicyclic amines) is 1. The second kappa shape index (κ2) is 7.45. The standard InChI is InChI=1S/C15H16INO4S/c1-9(18)22-12-7-14(19)17(8-12)13(15(20)21)6-10-2-4-11(16)5-3-10/h2-5,12-13H,6-8H2,1H3,(H,20,21)/t12?,13-/m0/s1. The summed E-state index contributed by atoms with van der Waals surface area (Å²) in [5, 5.41) is 9.27. The molecule has 1 aliphatic heterocycles. The van der Waals surface area contributed by atoms with E-state index < -0.39 is 12.0 Å². The Labute approximate surface area is 146 Å². The zero-order valence-electron chi connectivity index (χ0n) is 12.0. The van der Waals surface area contributed by atoms with E-state index in [1.165, 1.54) is 11.8 Å². The predicted molar refractivity (Wildman–Crippen MR) is 92.7 cm³/mol. The highest BCUT2D eigenvalue weighted by Gasteiger charge is 2.38. The van der Waals surface area contributed by atoms with Crippen LogP contribution in [0.25, 0.3) is 0 Å². The molecule has 2 atom stereocenters. The van der Waals surface area contributed by atoms with Gasteiger partial charge in [0.1, 0.15) is 6.04 Å². The van der Waals surface area contributed by atoms with Gasteiger partial charge in [-0.3, -0.25) is 9.59 Å². The van der Waals surface area contributed by atoms with E-state index >= 15 is 0 Å². The fourth-order valence-corrected chi connectivity index (χ4v) is 3.78. The van der Waals surface area contributed by atoms with E-state index in [-0.39, 0.29) is 29.1 Å². The predicted octanol–water partition coefficient (Wildman–Crippen LogP) is 2.17. The highest BCUT2D eigenvalue weighted by Crippen LogP contribution is 2.27. The summed E-state index contributed by atoms with van der Waals surface area (Å²) in [6.45, 7) is 1.77. The average molecular weight is 433 g/mol. The van der Waals surface area contributed by atoms with Gasteiger partial charge in [-0.05, 0) is 40.3 Å². The Balaban J connectivity index is 2.11. The maximum atomic E-state index is 12.1. The molecule has 1 aromatic carbocycles. The minimum absolute atomic E-state index is 0.0517. The third-order valence-corrected chi connectivity index (χ3v) is 5.16. The Morgan fingerprint density at radius 3 is 2.59 bits per heavy atom. The molecule has 22 heavy (non-hydrogen) atoms. The van der Waals surface area contributed by atoms with Gasteiger partial charge in [0, 0.05) is 35.1 Å². The van der Waals surface area contributed by atoms with Crippen LogP contribution >= 0.6 is 34.4 Å². The molecular weight excluding hydrogens is 417 g/mol. The molecule has 0 aromatic heterocycles. The van der Waals surface area contributed by atoms with Crippen molar-refractivity contribution in [2.75, 3.05) is 6.54 Å². The van der Waals surface area contributed by atoms with Crippen molar-refractivity contribution < 1.29 is 19.5 Å². The molecule has 1 heterocycles. The molecule has 1 amide bonds. The second-order valence-electron chi connectivity index (χ2n) is 5.17. The summed E-state index contributed by atoms with van der Waals surface area (Å²) >= 11 is 3.29. The monoisotopic (exact) mass is 433 g/mol. The Morgan fingerprint density at radius 1 is 1.41 bits per heavy atom. The normalized spacial score (nSPS) is 19.3. The molecule has 1 saturated heterocycles. The summed E-state index contributed by atoms with van der Waals surface area (Å²) in [6.07, 6.45) is 0.496. The smallest absolute Gasteiger partial charge is 0.326 e. The van der Waals surface area contributed by atoms with Crippen molar-refractivity contribution in [3.05, 3.63) is 33.4 Å². The van der Waals surface area contributed by atoms with Crippen molar-refractivity contribution in [1.29, 1.82) is 0 Å². The number of hydrogen-bond donors (Lipinski definition) is 1. The first-order valence-electron chi connectivity index (χ1n) is 6.80. The van der Waals surface area contributed by atoms with E-state index in [9.17, 15) is 19.5 Å². The molecule has 1 aromatic rings. The van der Waals surface area contributed by atoms with Crippen molar-refractivity contribution in [2.24, 2.45) is 0 Å². The lowest BCUT2D eigenvalue weighted by atomic mass is 10.1. The lowest BCUT2D eigenvalue weighted by molar-refractivity contribution is -0.148. The summed E-state index contributed by atoms with van der Waals surface area (Å²) in [5.41, 5.74) is 0.878. The molecule has 0 aliphatic carbocycles. The van der Waals surface area contributed by atoms with Crippen molar-refractivity contribution >= 4 is 51.3 Å². The van der Waals surface area contributed by atoms with Crippen LogP contribution in [0.3, 0.4) is 0 Å². The Morgan fingerprint density at radius 2 is 2.05 bits per heavy atom. The highest BCUT2D eigenvalue weighted by molar-refractivity contribution is 14.1. The Kier molecular flexibility index (Phi) is 5.85. The van der Waals surface area contributed by atoms with Gasteiger partial charge in [-0.25, -0.2) is 4.79 Å². The summed E-state index contributed by atoms with van der Waals surface area (Å²) in [6, 6.07) is 6.69. The average Bonchev–Trinajstić information content (AvgIpc) is 2.77.